The van der Waals surface area contributed by atoms with Crippen LogP contribution in [0.3, 0.4) is 0 Å². The van der Waals surface area contributed by atoms with Crippen molar-refractivity contribution in [2.24, 2.45) is 0 Å². The molecule has 0 spiro atoms. The van der Waals surface area contributed by atoms with E-state index in [1.54, 1.807) is 14.0 Å². The summed E-state index contributed by atoms with van der Waals surface area (Å²) in [5, 5.41) is -0.0902. The lowest BCUT2D eigenvalue weighted by molar-refractivity contribution is -0.154. The van der Waals surface area contributed by atoms with Gasteiger partial charge in [-0.2, -0.15) is 13.2 Å². The van der Waals surface area contributed by atoms with Crippen LogP contribution in [0.4, 0.5) is 13.2 Å². The first-order chi connectivity index (χ1) is 19.2. The molecule has 8 nitrogen and oxygen atoms in total. The Balaban J connectivity index is 1.52. The fourth-order valence-electron chi connectivity index (χ4n) is 4.44. The molecule has 0 bridgehead atoms. The van der Waals surface area contributed by atoms with Crippen molar-refractivity contribution in [2.75, 3.05) is 20.4 Å². The summed E-state index contributed by atoms with van der Waals surface area (Å²) in [4.78, 5) is 27.1. The minimum Gasteiger partial charge on any atom is -0.496 e. The number of carbonyl (C=O) groups is 1. The predicted octanol–water partition coefficient (Wildman–Crippen LogP) is 6.14. The standard InChI is InChI=1S/C29H24F3NO7/c1-3-37-28(35)17-8-10-19(11-9-17)39-26-24(34)20-12-13-23-21(25(20)40-27(26)29(30,31)32)15-33(16-38-23)14-18-6-4-5-7-22(18)36-2/h4-13H,3,14-16H2,1-2H3. The second kappa shape index (κ2) is 10.9. The van der Waals surface area contributed by atoms with Gasteiger partial charge in [0.1, 0.15) is 29.6 Å². The molecule has 0 N–H and O–H groups in total. The number of rotatable bonds is 7. The lowest BCUT2D eigenvalue weighted by atomic mass is 10.1. The molecule has 208 valence electrons. The van der Waals surface area contributed by atoms with Crippen molar-refractivity contribution < 1.29 is 41.3 Å². The number of para-hydroxylation sites is 1. The number of halogens is 3. The minimum atomic E-state index is -5.04. The highest BCUT2D eigenvalue weighted by Gasteiger charge is 2.41. The number of benzene rings is 3. The molecule has 11 heteroatoms. The second-order valence-electron chi connectivity index (χ2n) is 8.93. The largest absolute Gasteiger partial charge is 0.496 e. The summed E-state index contributed by atoms with van der Waals surface area (Å²) in [7, 11) is 1.55. The fraction of sp³-hybridized carbons (Fsp3) is 0.241. The van der Waals surface area contributed by atoms with Gasteiger partial charge in [-0.1, -0.05) is 18.2 Å². The molecule has 0 fully saturated rings. The topological polar surface area (TPSA) is 87.4 Å². The summed E-state index contributed by atoms with van der Waals surface area (Å²) in [5.41, 5.74) is 0.128. The summed E-state index contributed by atoms with van der Waals surface area (Å²) in [6.45, 7) is 2.54. The van der Waals surface area contributed by atoms with Crippen LogP contribution in [0.2, 0.25) is 0 Å². The number of nitrogens with zero attached hydrogens (tertiary/aromatic N) is 1. The summed E-state index contributed by atoms with van der Waals surface area (Å²) >= 11 is 0. The van der Waals surface area contributed by atoms with Crippen LogP contribution in [0.5, 0.6) is 23.0 Å². The number of methoxy groups -OCH3 is 1. The number of fused-ring (bicyclic) bond motifs is 3. The van der Waals surface area contributed by atoms with Gasteiger partial charge in [-0.25, -0.2) is 4.79 Å². The van der Waals surface area contributed by atoms with E-state index in [2.05, 4.69) is 0 Å². The van der Waals surface area contributed by atoms with Gasteiger partial charge in [-0.3, -0.25) is 9.69 Å². The van der Waals surface area contributed by atoms with Crippen molar-refractivity contribution in [1.82, 2.24) is 4.90 Å². The van der Waals surface area contributed by atoms with Crippen LogP contribution in [-0.2, 0) is 24.0 Å². The molecular weight excluding hydrogens is 531 g/mol. The molecule has 40 heavy (non-hydrogen) atoms. The SMILES string of the molecule is CCOC(=O)c1ccc(Oc2c(C(F)(F)F)oc3c4c(ccc3c2=O)OCN(Cc2ccccc2OC)C4)cc1. The molecule has 0 unspecified atom stereocenters. The molecule has 0 atom stereocenters. The van der Waals surface area contributed by atoms with Crippen LogP contribution < -0.4 is 19.6 Å². The van der Waals surface area contributed by atoms with Gasteiger partial charge in [0.2, 0.25) is 11.2 Å². The molecule has 1 aromatic heterocycles. The van der Waals surface area contributed by atoms with Gasteiger partial charge < -0.3 is 23.4 Å². The van der Waals surface area contributed by atoms with Crippen molar-refractivity contribution >= 4 is 16.9 Å². The molecule has 1 aliphatic rings. The Bertz CT molecular complexity index is 1610. The highest BCUT2D eigenvalue weighted by atomic mass is 19.4. The normalized spacial score (nSPS) is 13.4. The van der Waals surface area contributed by atoms with E-state index in [0.717, 1.165) is 5.56 Å². The van der Waals surface area contributed by atoms with Crippen molar-refractivity contribution in [2.45, 2.75) is 26.2 Å². The maximum Gasteiger partial charge on any atom is 0.453 e. The number of hydrogen-bond donors (Lipinski definition) is 0. The van der Waals surface area contributed by atoms with Gasteiger partial charge in [-0.05, 0) is 49.4 Å². The zero-order valence-electron chi connectivity index (χ0n) is 21.5. The van der Waals surface area contributed by atoms with Crippen molar-refractivity contribution in [3.8, 4) is 23.0 Å². The molecule has 3 aromatic carbocycles. The molecule has 2 heterocycles. The third-order valence-corrected chi connectivity index (χ3v) is 6.29. The Kier molecular flexibility index (Phi) is 7.40. The van der Waals surface area contributed by atoms with Crippen LogP contribution in [0.25, 0.3) is 11.0 Å². The lowest BCUT2D eigenvalue weighted by Gasteiger charge is -2.29. The molecule has 0 saturated carbocycles. The first kappa shape index (κ1) is 27.1. The molecule has 0 aliphatic carbocycles. The average Bonchev–Trinajstić information content (AvgIpc) is 2.94. The van der Waals surface area contributed by atoms with Crippen LogP contribution >= 0.6 is 0 Å². The van der Waals surface area contributed by atoms with E-state index in [1.165, 1.54) is 36.4 Å². The monoisotopic (exact) mass is 555 g/mol. The minimum absolute atomic E-state index is 0.0884. The second-order valence-corrected chi connectivity index (χ2v) is 8.93. The molecular formula is C29H24F3NO7. The molecule has 0 radical (unpaired) electrons. The van der Waals surface area contributed by atoms with Crippen LogP contribution in [0, 0.1) is 0 Å². The van der Waals surface area contributed by atoms with Crippen LogP contribution in [0.1, 0.15) is 34.2 Å². The van der Waals surface area contributed by atoms with E-state index in [1.807, 2.05) is 29.2 Å². The zero-order chi connectivity index (χ0) is 28.4. The highest BCUT2D eigenvalue weighted by Crippen LogP contribution is 2.41. The van der Waals surface area contributed by atoms with E-state index in [-0.39, 0.29) is 42.2 Å². The van der Waals surface area contributed by atoms with E-state index in [4.69, 9.17) is 23.4 Å². The summed E-state index contributed by atoms with van der Waals surface area (Å²) in [6, 6.07) is 15.4. The lowest BCUT2D eigenvalue weighted by Crippen LogP contribution is -2.32. The number of hydrogen-bond acceptors (Lipinski definition) is 8. The Hall–Kier alpha value is -4.51. The Morgan fingerprint density at radius 3 is 2.50 bits per heavy atom. The van der Waals surface area contributed by atoms with Gasteiger partial charge in [-0.15, -0.1) is 0 Å². The molecule has 5 rings (SSSR count). The number of carbonyl (C=O) groups excluding carboxylic acids is 1. The third kappa shape index (κ3) is 5.32. The van der Waals surface area contributed by atoms with Crippen LogP contribution in [-0.4, -0.2) is 31.3 Å². The smallest absolute Gasteiger partial charge is 0.453 e. The Morgan fingerprint density at radius 1 is 1.05 bits per heavy atom. The molecule has 1 aliphatic heterocycles. The third-order valence-electron chi connectivity index (χ3n) is 6.29. The number of esters is 1. The molecule has 4 aromatic rings. The summed E-state index contributed by atoms with van der Waals surface area (Å²) in [6.07, 6.45) is -5.04. The van der Waals surface area contributed by atoms with Gasteiger partial charge >= 0.3 is 12.1 Å². The first-order valence-corrected chi connectivity index (χ1v) is 12.3. The molecule has 0 amide bonds. The van der Waals surface area contributed by atoms with Gasteiger partial charge in [0, 0.05) is 18.7 Å². The van der Waals surface area contributed by atoms with Gasteiger partial charge in [0.05, 0.1) is 30.2 Å². The zero-order valence-corrected chi connectivity index (χ0v) is 21.5. The Labute approximate surface area is 226 Å². The predicted molar refractivity (Wildman–Crippen MR) is 138 cm³/mol. The average molecular weight is 556 g/mol. The van der Waals surface area contributed by atoms with E-state index < -0.39 is 29.1 Å². The van der Waals surface area contributed by atoms with Crippen molar-refractivity contribution in [1.29, 1.82) is 0 Å². The van der Waals surface area contributed by atoms with E-state index in [0.29, 0.717) is 23.6 Å². The fourth-order valence-corrected chi connectivity index (χ4v) is 4.44. The maximum absolute atomic E-state index is 14.2. The quantitative estimate of drug-likeness (QED) is 0.251. The van der Waals surface area contributed by atoms with Gasteiger partial charge in [0.15, 0.2) is 0 Å². The molecule has 0 saturated heterocycles. The Morgan fingerprint density at radius 2 is 1.80 bits per heavy atom. The number of ether oxygens (including phenoxy) is 4. The summed E-state index contributed by atoms with van der Waals surface area (Å²) < 4.78 is 69.4. The first-order valence-electron chi connectivity index (χ1n) is 12.3. The van der Waals surface area contributed by atoms with Crippen LogP contribution in [0.15, 0.2) is 69.9 Å². The highest BCUT2D eigenvalue weighted by molar-refractivity contribution is 5.89. The number of alkyl halides is 3. The maximum atomic E-state index is 14.2. The summed E-state index contributed by atoms with van der Waals surface area (Å²) in [5.74, 6) is -2.28. The van der Waals surface area contributed by atoms with E-state index >= 15 is 0 Å². The van der Waals surface area contributed by atoms with Crippen molar-refractivity contribution in [3.05, 3.63) is 93.3 Å². The van der Waals surface area contributed by atoms with Crippen molar-refractivity contribution in [3.63, 3.8) is 0 Å². The van der Waals surface area contributed by atoms with Gasteiger partial charge in [0.25, 0.3) is 5.76 Å². The van der Waals surface area contributed by atoms with E-state index in [9.17, 15) is 22.8 Å².